The highest BCUT2D eigenvalue weighted by Crippen LogP contribution is 2.31. The molecule has 1 aliphatic carbocycles. The highest BCUT2D eigenvalue weighted by atomic mass is 16.2. The molecule has 2 heterocycles. The van der Waals surface area contributed by atoms with Crippen LogP contribution >= 0.6 is 0 Å². The molecule has 1 aromatic heterocycles. The molecule has 1 unspecified atom stereocenters. The Hall–Kier alpha value is -2.21. The molecule has 1 saturated heterocycles. The second-order valence-electron chi connectivity index (χ2n) is 7.91. The van der Waals surface area contributed by atoms with Gasteiger partial charge in [0.2, 0.25) is 0 Å². The molecule has 2 fully saturated rings. The van der Waals surface area contributed by atoms with Crippen LogP contribution in [0.5, 0.6) is 0 Å². The average molecular weight is 367 g/mol. The molecule has 1 aliphatic heterocycles. The van der Waals surface area contributed by atoms with E-state index in [0.717, 1.165) is 38.0 Å². The molecule has 0 spiro atoms. The summed E-state index contributed by atoms with van der Waals surface area (Å²) in [7, 11) is 0. The van der Waals surface area contributed by atoms with Crippen molar-refractivity contribution in [2.24, 2.45) is 5.92 Å². The molecule has 2 aliphatic rings. The molecule has 6 heteroatoms. The summed E-state index contributed by atoms with van der Waals surface area (Å²) in [6, 6.07) is 10.6. The van der Waals surface area contributed by atoms with Crippen molar-refractivity contribution in [3.05, 3.63) is 47.8 Å². The zero-order valence-electron chi connectivity index (χ0n) is 16.1. The van der Waals surface area contributed by atoms with Crippen molar-refractivity contribution in [1.82, 2.24) is 25.2 Å². The van der Waals surface area contributed by atoms with Crippen molar-refractivity contribution in [2.45, 2.75) is 51.1 Å². The van der Waals surface area contributed by atoms with E-state index in [1.807, 2.05) is 34.0 Å². The lowest BCUT2D eigenvalue weighted by atomic mass is 9.84. The van der Waals surface area contributed by atoms with Gasteiger partial charge in [-0.2, -0.15) is 0 Å². The maximum atomic E-state index is 13.3. The van der Waals surface area contributed by atoms with Crippen LogP contribution < -0.4 is 5.32 Å². The second-order valence-corrected chi connectivity index (χ2v) is 7.91. The van der Waals surface area contributed by atoms with Crippen molar-refractivity contribution in [3.63, 3.8) is 0 Å². The summed E-state index contributed by atoms with van der Waals surface area (Å²) in [5, 5.41) is 11.9. The highest BCUT2D eigenvalue weighted by molar-refractivity contribution is 5.92. The van der Waals surface area contributed by atoms with Crippen molar-refractivity contribution in [3.8, 4) is 0 Å². The molecule has 6 nitrogen and oxygen atoms in total. The number of amides is 1. The molecule has 0 bridgehead atoms. The summed E-state index contributed by atoms with van der Waals surface area (Å²) in [6.07, 6.45) is 7.62. The minimum Gasteiger partial charge on any atom is -0.330 e. The Morgan fingerprint density at radius 2 is 1.96 bits per heavy atom. The maximum Gasteiger partial charge on any atom is 0.276 e. The summed E-state index contributed by atoms with van der Waals surface area (Å²) in [6.45, 7) is 4.90. The zero-order valence-corrected chi connectivity index (χ0v) is 16.1. The van der Waals surface area contributed by atoms with Crippen LogP contribution in [0.4, 0.5) is 0 Å². The minimum absolute atomic E-state index is 0.00145. The van der Waals surface area contributed by atoms with E-state index >= 15 is 0 Å². The number of carbonyl (C=O) groups is 1. The van der Waals surface area contributed by atoms with Crippen LogP contribution in [0.15, 0.2) is 36.5 Å². The molecular formula is C21H29N5O. The van der Waals surface area contributed by atoms with Gasteiger partial charge < -0.3 is 10.2 Å². The Bertz CT molecular complexity index is 749. The standard InChI is InChI=1S/C21H29N5O/c1-16(18-8-3-2-4-9-18)25(14-17-6-5-7-17)21(27)20-15-26(24-23-20)19-10-12-22-13-11-19/h2-4,8-9,15-17,19,22H,5-7,10-14H2,1H3. The molecule has 1 amide bonds. The van der Waals surface area contributed by atoms with Crippen LogP contribution in [-0.4, -0.2) is 45.4 Å². The van der Waals surface area contributed by atoms with E-state index in [2.05, 4.69) is 34.7 Å². The van der Waals surface area contributed by atoms with Gasteiger partial charge in [-0.3, -0.25) is 4.79 Å². The van der Waals surface area contributed by atoms with Crippen molar-refractivity contribution in [1.29, 1.82) is 0 Å². The monoisotopic (exact) mass is 367 g/mol. The fraction of sp³-hybridized carbons (Fsp3) is 0.571. The fourth-order valence-electron chi connectivity index (χ4n) is 4.05. The molecule has 0 radical (unpaired) electrons. The summed E-state index contributed by atoms with van der Waals surface area (Å²) >= 11 is 0. The molecule has 1 saturated carbocycles. The molecular weight excluding hydrogens is 338 g/mol. The van der Waals surface area contributed by atoms with E-state index in [9.17, 15) is 4.79 Å². The molecule has 1 atom stereocenters. The van der Waals surface area contributed by atoms with Crippen LogP contribution in [0.1, 0.15) is 67.2 Å². The Kier molecular flexibility index (Phi) is 5.53. The number of nitrogens with one attached hydrogen (secondary N) is 1. The molecule has 27 heavy (non-hydrogen) atoms. The molecule has 2 aromatic rings. The Balaban J connectivity index is 1.53. The van der Waals surface area contributed by atoms with Gasteiger partial charge in [-0.15, -0.1) is 5.10 Å². The summed E-state index contributed by atoms with van der Waals surface area (Å²) in [5.41, 5.74) is 1.63. The van der Waals surface area contributed by atoms with Crippen LogP contribution in [-0.2, 0) is 0 Å². The van der Waals surface area contributed by atoms with Crippen molar-refractivity contribution < 1.29 is 4.79 Å². The first kappa shape index (κ1) is 18.2. The van der Waals surface area contributed by atoms with Crippen molar-refractivity contribution >= 4 is 5.91 Å². The number of rotatable bonds is 6. The summed E-state index contributed by atoms with van der Waals surface area (Å²) < 4.78 is 1.89. The number of carbonyl (C=O) groups excluding carboxylic acids is 1. The van der Waals surface area contributed by atoms with E-state index < -0.39 is 0 Å². The molecule has 1 aromatic carbocycles. The first-order valence-corrected chi connectivity index (χ1v) is 10.2. The topological polar surface area (TPSA) is 63.1 Å². The first-order chi connectivity index (χ1) is 13.2. The van der Waals surface area contributed by atoms with Gasteiger partial charge in [-0.25, -0.2) is 4.68 Å². The molecule has 1 N–H and O–H groups in total. The van der Waals surface area contributed by atoms with E-state index in [-0.39, 0.29) is 11.9 Å². The van der Waals surface area contributed by atoms with Crippen LogP contribution in [0, 0.1) is 5.92 Å². The summed E-state index contributed by atoms with van der Waals surface area (Å²) in [5.74, 6) is 0.609. The number of aromatic nitrogens is 3. The van der Waals surface area contributed by atoms with Crippen LogP contribution in [0.2, 0.25) is 0 Å². The van der Waals surface area contributed by atoms with E-state index in [4.69, 9.17) is 0 Å². The lowest BCUT2D eigenvalue weighted by molar-refractivity contribution is 0.0607. The smallest absolute Gasteiger partial charge is 0.276 e. The third-order valence-corrected chi connectivity index (χ3v) is 6.10. The minimum atomic E-state index is -0.00145. The van der Waals surface area contributed by atoms with Crippen LogP contribution in [0.3, 0.4) is 0 Å². The number of piperidine rings is 1. The highest BCUT2D eigenvalue weighted by Gasteiger charge is 2.30. The Morgan fingerprint density at radius 1 is 1.22 bits per heavy atom. The van der Waals surface area contributed by atoms with Gasteiger partial charge in [0.1, 0.15) is 0 Å². The lowest BCUT2D eigenvalue weighted by Gasteiger charge is -2.36. The van der Waals surface area contributed by atoms with Crippen molar-refractivity contribution in [2.75, 3.05) is 19.6 Å². The SMILES string of the molecule is CC(c1ccccc1)N(CC1CCC1)C(=O)c1cn(C2CCNCC2)nn1. The number of hydrogen-bond donors (Lipinski definition) is 1. The maximum absolute atomic E-state index is 13.3. The zero-order chi connectivity index (χ0) is 18.6. The van der Waals surface area contributed by atoms with Gasteiger partial charge in [0.25, 0.3) is 5.91 Å². The van der Waals surface area contributed by atoms with Gasteiger partial charge in [0, 0.05) is 6.54 Å². The van der Waals surface area contributed by atoms with Gasteiger partial charge in [0.05, 0.1) is 18.3 Å². The lowest BCUT2D eigenvalue weighted by Crippen LogP contribution is -2.39. The normalized spacial score (nSPS) is 19.4. The molecule has 4 rings (SSSR count). The fourth-order valence-corrected chi connectivity index (χ4v) is 4.05. The Morgan fingerprint density at radius 3 is 2.63 bits per heavy atom. The van der Waals surface area contributed by atoms with Crippen LogP contribution in [0.25, 0.3) is 0 Å². The predicted molar refractivity (Wildman–Crippen MR) is 104 cm³/mol. The largest absolute Gasteiger partial charge is 0.330 e. The summed E-state index contributed by atoms with van der Waals surface area (Å²) in [4.78, 5) is 15.3. The molecule has 144 valence electrons. The van der Waals surface area contributed by atoms with E-state index in [1.54, 1.807) is 0 Å². The van der Waals surface area contributed by atoms with Gasteiger partial charge in [-0.05, 0) is 57.2 Å². The van der Waals surface area contributed by atoms with E-state index in [0.29, 0.717) is 17.7 Å². The number of hydrogen-bond acceptors (Lipinski definition) is 4. The quantitative estimate of drug-likeness (QED) is 0.852. The van der Waals surface area contributed by atoms with Gasteiger partial charge in [0.15, 0.2) is 5.69 Å². The third-order valence-electron chi connectivity index (χ3n) is 6.10. The average Bonchev–Trinajstić information content (AvgIpc) is 3.18. The first-order valence-electron chi connectivity index (χ1n) is 10.2. The Labute approximate surface area is 160 Å². The van der Waals surface area contributed by atoms with E-state index in [1.165, 1.54) is 19.3 Å². The number of nitrogens with zero attached hydrogens (tertiary/aromatic N) is 4. The van der Waals surface area contributed by atoms with Gasteiger partial charge in [-0.1, -0.05) is 42.0 Å². The predicted octanol–water partition coefficient (Wildman–Crippen LogP) is 3.21. The third kappa shape index (κ3) is 4.05. The van der Waals surface area contributed by atoms with Gasteiger partial charge >= 0.3 is 0 Å². The number of benzene rings is 1. The second kappa shape index (κ2) is 8.21.